The average Bonchev–Trinajstić information content (AvgIpc) is 3.29. The molecule has 0 spiro atoms. The topological polar surface area (TPSA) is 48.7 Å². The molecule has 5 rings (SSSR count). The number of rotatable bonds is 4. The number of hydrogen-bond donors (Lipinski definition) is 1. The number of fused-ring (bicyclic) bond motifs is 1. The van der Waals surface area contributed by atoms with E-state index >= 15 is 0 Å². The van der Waals surface area contributed by atoms with Gasteiger partial charge in [-0.1, -0.05) is 58.7 Å². The Morgan fingerprint density at radius 2 is 1.76 bits per heavy atom. The molecule has 1 N–H and O–H groups in total. The van der Waals surface area contributed by atoms with E-state index in [2.05, 4.69) is 62.4 Å². The fourth-order valence-electron chi connectivity index (χ4n) is 4.24. The highest BCUT2D eigenvalue weighted by atomic mass is 79.9. The van der Waals surface area contributed by atoms with Crippen molar-refractivity contribution in [3.05, 3.63) is 28.7 Å². The third-order valence-corrected chi connectivity index (χ3v) is 7.53. The number of halogens is 1. The van der Waals surface area contributed by atoms with E-state index in [1.807, 2.05) is 4.52 Å². The Hall–Kier alpha value is -1.64. The Morgan fingerprint density at radius 3 is 2.48 bits per heavy atom. The Labute approximate surface area is 184 Å². The number of hydrogen-bond acceptors (Lipinski definition) is 6. The molecule has 0 unspecified atom stereocenters. The fourth-order valence-corrected chi connectivity index (χ4v) is 5.46. The largest absolute Gasteiger partial charge is 0.365 e. The minimum absolute atomic E-state index is 0.506. The van der Waals surface area contributed by atoms with Crippen LogP contribution in [0.15, 0.2) is 28.7 Å². The van der Waals surface area contributed by atoms with Crippen molar-refractivity contribution in [3.8, 4) is 11.3 Å². The van der Waals surface area contributed by atoms with Crippen LogP contribution in [0, 0.1) is 0 Å². The number of likely N-dealkylation sites (N-methyl/N-ethyl adjacent to an activating group) is 1. The number of benzene rings is 1. The van der Waals surface area contributed by atoms with Crippen molar-refractivity contribution in [1.29, 1.82) is 0 Å². The van der Waals surface area contributed by atoms with Crippen LogP contribution in [0.25, 0.3) is 16.2 Å². The van der Waals surface area contributed by atoms with E-state index in [0.717, 1.165) is 57.8 Å². The summed E-state index contributed by atoms with van der Waals surface area (Å²) in [6.07, 6.45) is 6.41. The lowest BCUT2D eigenvalue weighted by atomic mass is 9.95. The normalized spacial score (nSPS) is 19.2. The molecule has 6 nitrogen and oxygen atoms in total. The zero-order chi connectivity index (χ0) is 19.8. The summed E-state index contributed by atoms with van der Waals surface area (Å²) in [7, 11) is 2.18. The molecular weight excluding hydrogens is 448 g/mol. The van der Waals surface area contributed by atoms with Crippen LogP contribution in [-0.4, -0.2) is 58.8 Å². The predicted octanol–water partition coefficient (Wildman–Crippen LogP) is 4.72. The minimum Gasteiger partial charge on any atom is -0.365 e. The van der Waals surface area contributed by atoms with Gasteiger partial charge in [-0.25, -0.2) is 4.98 Å². The van der Waals surface area contributed by atoms with Crippen LogP contribution in [0.4, 0.5) is 10.9 Å². The molecule has 1 saturated carbocycles. The van der Waals surface area contributed by atoms with Crippen LogP contribution in [0.2, 0.25) is 0 Å². The Balaban J connectivity index is 1.52. The zero-order valence-corrected chi connectivity index (χ0v) is 19.2. The number of imidazole rings is 1. The maximum absolute atomic E-state index is 5.01. The summed E-state index contributed by atoms with van der Waals surface area (Å²) < 4.78 is 3.13. The molecule has 2 aliphatic rings. The second-order valence-corrected chi connectivity index (χ2v) is 10.0. The molecule has 0 bridgehead atoms. The minimum atomic E-state index is 0.506. The Kier molecular flexibility index (Phi) is 5.49. The predicted molar refractivity (Wildman–Crippen MR) is 124 cm³/mol. The van der Waals surface area contributed by atoms with Gasteiger partial charge in [0, 0.05) is 42.3 Å². The first-order chi connectivity index (χ1) is 14.2. The number of nitrogens with one attached hydrogen (secondary N) is 1. The van der Waals surface area contributed by atoms with Crippen LogP contribution in [0.1, 0.15) is 32.1 Å². The Bertz CT molecular complexity index is 967. The van der Waals surface area contributed by atoms with Crippen LogP contribution in [0.3, 0.4) is 0 Å². The number of aromatic nitrogens is 3. The summed E-state index contributed by atoms with van der Waals surface area (Å²) in [5.74, 6) is 1.05. The van der Waals surface area contributed by atoms with E-state index in [0.29, 0.717) is 6.04 Å². The van der Waals surface area contributed by atoms with Gasteiger partial charge in [0.05, 0.1) is 0 Å². The standard InChI is InChI=1S/C21H27BrN6S/c1-26-11-13-27(14-12-26)21-25-28-19(23-17-5-3-2-4-6-17)18(24-20(28)29-21)15-7-9-16(22)10-8-15/h7-10,17,23H,2-6,11-14H2,1H3. The molecule has 3 heterocycles. The van der Waals surface area contributed by atoms with Gasteiger partial charge >= 0.3 is 0 Å². The SMILES string of the molecule is CN1CCN(c2nn3c(NC4CCCCC4)c(-c4ccc(Br)cc4)nc3s2)CC1. The van der Waals surface area contributed by atoms with Gasteiger partial charge in [0.25, 0.3) is 0 Å². The third-order valence-electron chi connectivity index (χ3n) is 6.03. The molecule has 1 aliphatic heterocycles. The van der Waals surface area contributed by atoms with E-state index in [1.165, 1.54) is 32.1 Å². The summed E-state index contributed by atoms with van der Waals surface area (Å²) in [6, 6.07) is 8.92. The Morgan fingerprint density at radius 1 is 1.03 bits per heavy atom. The molecule has 3 aromatic rings. The summed E-state index contributed by atoms with van der Waals surface area (Å²) in [5.41, 5.74) is 2.14. The molecule has 29 heavy (non-hydrogen) atoms. The monoisotopic (exact) mass is 474 g/mol. The van der Waals surface area contributed by atoms with E-state index < -0.39 is 0 Å². The second kappa shape index (κ2) is 8.24. The van der Waals surface area contributed by atoms with Crippen LogP contribution in [0.5, 0.6) is 0 Å². The third kappa shape index (κ3) is 4.02. The first-order valence-electron chi connectivity index (χ1n) is 10.5. The van der Waals surface area contributed by atoms with Gasteiger partial charge in [-0.15, -0.1) is 5.10 Å². The van der Waals surface area contributed by atoms with Gasteiger partial charge in [-0.3, -0.25) is 0 Å². The molecule has 1 aromatic carbocycles. The van der Waals surface area contributed by atoms with Crippen LogP contribution in [-0.2, 0) is 0 Å². The average molecular weight is 475 g/mol. The van der Waals surface area contributed by atoms with E-state index in [9.17, 15) is 0 Å². The van der Waals surface area contributed by atoms with Crippen LogP contribution >= 0.6 is 27.3 Å². The molecular formula is C21H27BrN6S. The molecule has 2 aromatic heterocycles. The van der Waals surface area contributed by atoms with Crippen LogP contribution < -0.4 is 10.2 Å². The van der Waals surface area contributed by atoms with E-state index in [1.54, 1.807) is 11.3 Å². The molecule has 2 fully saturated rings. The van der Waals surface area contributed by atoms with Crippen molar-refractivity contribution in [3.63, 3.8) is 0 Å². The lowest BCUT2D eigenvalue weighted by Gasteiger charge is -2.31. The maximum atomic E-state index is 5.01. The summed E-state index contributed by atoms with van der Waals surface area (Å²) in [4.78, 5) is 10.7. The quantitative estimate of drug-likeness (QED) is 0.592. The van der Waals surface area contributed by atoms with Gasteiger partial charge in [0.1, 0.15) is 5.69 Å². The molecule has 8 heteroatoms. The first kappa shape index (κ1) is 19.3. The summed E-state index contributed by atoms with van der Waals surface area (Å²) in [6.45, 7) is 4.22. The molecule has 0 atom stereocenters. The van der Waals surface area contributed by atoms with Crippen molar-refractivity contribution in [2.75, 3.05) is 43.4 Å². The molecule has 0 radical (unpaired) electrons. The second-order valence-electron chi connectivity index (χ2n) is 8.16. The number of anilines is 2. The van der Waals surface area contributed by atoms with Gasteiger partial charge in [-0.2, -0.15) is 4.52 Å². The highest BCUT2D eigenvalue weighted by molar-refractivity contribution is 9.10. The maximum Gasteiger partial charge on any atom is 0.216 e. The highest BCUT2D eigenvalue weighted by Gasteiger charge is 2.24. The van der Waals surface area contributed by atoms with Crippen molar-refractivity contribution >= 4 is 43.2 Å². The lowest BCUT2D eigenvalue weighted by Crippen LogP contribution is -2.44. The van der Waals surface area contributed by atoms with Crippen molar-refractivity contribution in [2.45, 2.75) is 38.1 Å². The van der Waals surface area contributed by atoms with Crippen molar-refractivity contribution in [2.24, 2.45) is 0 Å². The summed E-state index contributed by atoms with van der Waals surface area (Å²) in [5, 5.41) is 9.89. The lowest BCUT2D eigenvalue weighted by molar-refractivity contribution is 0.312. The van der Waals surface area contributed by atoms with E-state index in [4.69, 9.17) is 10.1 Å². The van der Waals surface area contributed by atoms with Gasteiger partial charge < -0.3 is 15.1 Å². The van der Waals surface area contributed by atoms with Gasteiger partial charge in [0.2, 0.25) is 10.1 Å². The molecule has 0 amide bonds. The molecule has 1 saturated heterocycles. The summed E-state index contributed by atoms with van der Waals surface area (Å²) >= 11 is 5.24. The number of piperazine rings is 1. The number of nitrogens with zero attached hydrogens (tertiary/aromatic N) is 5. The van der Waals surface area contributed by atoms with Gasteiger partial charge in [-0.05, 0) is 32.0 Å². The highest BCUT2D eigenvalue weighted by Crippen LogP contribution is 2.35. The fraction of sp³-hybridized carbons (Fsp3) is 0.524. The first-order valence-corrected chi connectivity index (χ1v) is 12.1. The zero-order valence-electron chi connectivity index (χ0n) is 16.8. The van der Waals surface area contributed by atoms with E-state index in [-0.39, 0.29) is 0 Å². The molecule has 1 aliphatic carbocycles. The molecule has 154 valence electrons. The van der Waals surface area contributed by atoms with Crippen molar-refractivity contribution in [1.82, 2.24) is 19.5 Å². The van der Waals surface area contributed by atoms with Crippen molar-refractivity contribution < 1.29 is 0 Å². The van der Waals surface area contributed by atoms with Gasteiger partial charge in [0.15, 0.2) is 5.82 Å². The smallest absolute Gasteiger partial charge is 0.216 e.